The van der Waals surface area contributed by atoms with Crippen LogP contribution >= 0.6 is 11.3 Å². The lowest BCUT2D eigenvalue weighted by atomic mass is 9.99. The van der Waals surface area contributed by atoms with Gasteiger partial charge in [0.25, 0.3) is 0 Å². The molecule has 0 atom stereocenters. The molecule has 0 spiro atoms. The molecule has 20 heavy (non-hydrogen) atoms. The molecular weight excluding hydrogens is 266 g/mol. The molecule has 4 heteroatoms. The van der Waals surface area contributed by atoms with Crippen molar-refractivity contribution >= 4 is 27.4 Å². The molecule has 0 radical (unpaired) electrons. The highest BCUT2D eigenvalue weighted by molar-refractivity contribution is 7.17. The minimum absolute atomic E-state index is 0.978. The van der Waals surface area contributed by atoms with Crippen LogP contribution in [0.5, 0.6) is 0 Å². The molecule has 0 saturated carbocycles. The number of nitrogens with zero attached hydrogens (tertiary/aromatic N) is 3. The second-order valence-electron chi connectivity index (χ2n) is 5.24. The zero-order valence-corrected chi connectivity index (χ0v) is 13.0. The summed E-state index contributed by atoms with van der Waals surface area (Å²) < 4.78 is 0. The highest BCUT2D eigenvalue weighted by atomic mass is 32.1. The third kappa shape index (κ3) is 2.06. The molecule has 0 amide bonds. The molecule has 0 bridgehead atoms. The maximum absolute atomic E-state index is 4.43. The molecule has 0 N–H and O–H groups in total. The highest BCUT2D eigenvalue weighted by Gasteiger charge is 2.15. The number of anilines is 1. The van der Waals surface area contributed by atoms with Crippen LogP contribution in [0.3, 0.4) is 0 Å². The molecule has 2 heterocycles. The Bertz CT molecular complexity index is 774. The van der Waals surface area contributed by atoms with Gasteiger partial charge in [0, 0.05) is 25.0 Å². The molecule has 102 valence electrons. The van der Waals surface area contributed by atoms with Crippen LogP contribution in [0.25, 0.3) is 21.3 Å². The van der Waals surface area contributed by atoms with Crippen molar-refractivity contribution in [3.05, 3.63) is 41.0 Å². The monoisotopic (exact) mass is 283 g/mol. The topological polar surface area (TPSA) is 29.0 Å². The summed E-state index contributed by atoms with van der Waals surface area (Å²) in [5.74, 6) is 0.978. The van der Waals surface area contributed by atoms with Gasteiger partial charge in [-0.1, -0.05) is 23.8 Å². The maximum atomic E-state index is 4.43. The number of benzene rings is 1. The van der Waals surface area contributed by atoms with Crippen LogP contribution in [-0.4, -0.2) is 24.1 Å². The molecule has 3 rings (SSSR count). The van der Waals surface area contributed by atoms with Crippen molar-refractivity contribution in [1.29, 1.82) is 0 Å². The summed E-state index contributed by atoms with van der Waals surface area (Å²) in [4.78, 5) is 11.9. The largest absolute Gasteiger partial charge is 0.362 e. The summed E-state index contributed by atoms with van der Waals surface area (Å²) in [6, 6.07) is 6.57. The van der Waals surface area contributed by atoms with E-state index in [1.165, 1.54) is 22.3 Å². The highest BCUT2D eigenvalue weighted by Crippen LogP contribution is 2.38. The Morgan fingerprint density at radius 1 is 1.05 bits per heavy atom. The normalized spacial score (nSPS) is 11.0. The van der Waals surface area contributed by atoms with E-state index < -0.39 is 0 Å². The van der Waals surface area contributed by atoms with Crippen molar-refractivity contribution in [2.24, 2.45) is 0 Å². The number of aromatic nitrogens is 2. The average Bonchev–Trinajstić information content (AvgIpc) is 2.82. The molecule has 3 aromatic rings. The van der Waals surface area contributed by atoms with E-state index in [-0.39, 0.29) is 0 Å². The van der Waals surface area contributed by atoms with Gasteiger partial charge in [-0.2, -0.15) is 0 Å². The van der Waals surface area contributed by atoms with Crippen LogP contribution in [0, 0.1) is 13.8 Å². The fourth-order valence-corrected chi connectivity index (χ4v) is 3.41. The molecule has 0 fully saturated rings. The van der Waals surface area contributed by atoms with E-state index in [9.17, 15) is 0 Å². The van der Waals surface area contributed by atoms with Gasteiger partial charge in [-0.05, 0) is 25.0 Å². The second-order valence-corrected chi connectivity index (χ2v) is 6.10. The van der Waals surface area contributed by atoms with Crippen molar-refractivity contribution < 1.29 is 0 Å². The van der Waals surface area contributed by atoms with Gasteiger partial charge >= 0.3 is 0 Å². The second kappa shape index (κ2) is 4.87. The summed E-state index contributed by atoms with van der Waals surface area (Å²) in [5, 5.41) is 3.33. The quantitative estimate of drug-likeness (QED) is 0.710. The lowest BCUT2D eigenvalue weighted by Crippen LogP contribution is -2.11. The first-order valence-corrected chi connectivity index (χ1v) is 7.43. The van der Waals surface area contributed by atoms with Gasteiger partial charge in [-0.3, -0.25) is 0 Å². The number of thiophene rings is 1. The Labute approximate surface area is 122 Å². The average molecular weight is 283 g/mol. The van der Waals surface area contributed by atoms with Gasteiger partial charge in [-0.15, -0.1) is 11.3 Å². The molecule has 0 aliphatic rings. The summed E-state index contributed by atoms with van der Waals surface area (Å²) in [5.41, 5.74) is 5.07. The fourth-order valence-electron chi connectivity index (χ4n) is 2.51. The number of hydrogen-bond donors (Lipinski definition) is 0. The van der Waals surface area contributed by atoms with Gasteiger partial charge in [0.1, 0.15) is 17.0 Å². The van der Waals surface area contributed by atoms with Crippen molar-refractivity contribution in [2.45, 2.75) is 13.8 Å². The predicted octanol–water partition coefficient (Wildman–Crippen LogP) is 4.04. The van der Waals surface area contributed by atoms with Gasteiger partial charge in [0.2, 0.25) is 0 Å². The van der Waals surface area contributed by atoms with Crippen LogP contribution in [-0.2, 0) is 0 Å². The minimum Gasteiger partial charge on any atom is -0.362 e. The Balaban J connectivity index is 2.31. The molecular formula is C16H17N3S. The van der Waals surface area contributed by atoms with E-state index in [1.807, 2.05) is 19.0 Å². The van der Waals surface area contributed by atoms with Gasteiger partial charge < -0.3 is 4.90 Å². The van der Waals surface area contributed by atoms with Crippen LogP contribution in [0.15, 0.2) is 29.9 Å². The van der Waals surface area contributed by atoms with Crippen molar-refractivity contribution in [2.75, 3.05) is 19.0 Å². The van der Waals surface area contributed by atoms with E-state index in [1.54, 1.807) is 17.7 Å². The van der Waals surface area contributed by atoms with Gasteiger partial charge in [0.05, 0.1) is 5.39 Å². The number of rotatable bonds is 2. The zero-order valence-electron chi connectivity index (χ0n) is 12.1. The van der Waals surface area contributed by atoms with Crippen LogP contribution in [0.4, 0.5) is 5.82 Å². The summed E-state index contributed by atoms with van der Waals surface area (Å²) in [6.45, 7) is 4.28. The van der Waals surface area contributed by atoms with Crippen molar-refractivity contribution in [3.8, 4) is 11.1 Å². The van der Waals surface area contributed by atoms with E-state index in [4.69, 9.17) is 0 Å². The van der Waals surface area contributed by atoms with E-state index >= 15 is 0 Å². The number of fused-ring (bicyclic) bond motifs is 1. The third-order valence-corrected chi connectivity index (χ3v) is 4.33. The lowest BCUT2D eigenvalue weighted by Gasteiger charge is -2.14. The first-order chi connectivity index (χ1) is 9.58. The lowest BCUT2D eigenvalue weighted by molar-refractivity contribution is 1.06. The van der Waals surface area contributed by atoms with Crippen LogP contribution in [0.1, 0.15) is 11.1 Å². The third-order valence-electron chi connectivity index (χ3n) is 3.45. The summed E-state index contributed by atoms with van der Waals surface area (Å²) >= 11 is 1.68. The molecule has 1 aromatic carbocycles. The van der Waals surface area contributed by atoms with Crippen molar-refractivity contribution in [1.82, 2.24) is 9.97 Å². The smallest absolute Gasteiger partial charge is 0.140 e. The van der Waals surface area contributed by atoms with Gasteiger partial charge in [-0.25, -0.2) is 9.97 Å². The van der Waals surface area contributed by atoms with Crippen molar-refractivity contribution in [3.63, 3.8) is 0 Å². The predicted molar refractivity (Wildman–Crippen MR) is 86.7 cm³/mol. The number of hydrogen-bond acceptors (Lipinski definition) is 4. The molecule has 0 unspecified atom stereocenters. The molecule has 2 aromatic heterocycles. The number of aryl methyl sites for hydroxylation is 2. The Kier molecular flexibility index (Phi) is 3.18. The zero-order chi connectivity index (χ0) is 14.3. The molecule has 0 saturated heterocycles. The van der Waals surface area contributed by atoms with Gasteiger partial charge in [0.15, 0.2) is 0 Å². The maximum Gasteiger partial charge on any atom is 0.140 e. The molecule has 3 nitrogen and oxygen atoms in total. The minimum atomic E-state index is 0.978. The van der Waals surface area contributed by atoms with Crippen LogP contribution < -0.4 is 4.90 Å². The standard InChI is InChI=1S/C16H17N3S/c1-10-5-6-12(11(2)7-10)13-8-20-16-14(13)15(19(3)4)17-9-18-16/h5-9H,1-4H3. The first kappa shape index (κ1) is 13.1. The summed E-state index contributed by atoms with van der Waals surface area (Å²) in [7, 11) is 4.04. The first-order valence-electron chi connectivity index (χ1n) is 6.55. The van der Waals surface area contributed by atoms with E-state index in [0.717, 1.165) is 16.0 Å². The molecule has 0 aliphatic heterocycles. The SMILES string of the molecule is Cc1ccc(-c2csc3ncnc(N(C)C)c23)c(C)c1. The van der Waals surface area contributed by atoms with E-state index in [0.29, 0.717) is 0 Å². The molecule has 0 aliphatic carbocycles. The Morgan fingerprint density at radius 3 is 2.55 bits per heavy atom. The summed E-state index contributed by atoms with van der Waals surface area (Å²) in [6.07, 6.45) is 1.64. The fraction of sp³-hybridized carbons (Fsp3) is 0.250. The van der Waals surface area contributed by atoms with Crippen LogP contribution in [0.2, 0.25) is 0 Å². The Hall–Kier alpha value is -1.94. The van der Waals surface area contributed by atoms with E-state index in [2.05, 4.69) is 47.4 Å². The Morgan fingerprint density at radius 2 is 1.85 bits per heavy atom.